The Kier molecular flexibility index (Phi) is 3.32. The van der Waals surface area contributed by atoms with E-state index in [2.05, 4.69) is 20.9 Å². The molecule has 0 saturated carbocycles. The van der Waals surface area contributed by atoms with E-state index in [-0.39, 0.29) is 5.78 Å². The first-order valence-corrected chi connectivity index (χ1v) is 6.95. The van der Waals surface area contributed by atoms with Gasteiger partial charge in [0.1, 0.15) is 11.4 Å². The Morgan fingerprint density at radius 3 is 2.55 bits per heavy atom. The van der Waals surface area contributed by atoms with E-state index in [1.807, 2.05) is 36.4 Å². The second-order valence-electron chi connectivity index (χ2n) is 4.39. The van der Waals surface area contributed by atoms with Gasteiger partial charge < -0.3 is 9.72 Å². The smallest absolute Gasteiger partial charge is 0.214 e. The van der Waals surface area contributed by atoms with Crippen molar-refractivity contribution in [1.29, 1.82) is 0 Å². The third kappa shape index (κ3) is 2.02. The molecule has 0 radical (unpaired) electrons. The molecule has 3 aromatic rings. The first kappa shape index (κ1) is 12.9. The summed E-state index contributed by atoms with van der Waals surface area (Å²) in [6, 6.07) is 15.0. The van der Waals surface area contributed by atoms with Gasteiger partial charge in [0.25, 0.3) is 0 Å². The number of aromatic nitrogens is 1. The number of methoxy groups -OCH3 is 1. The molecule has 0 amide bonds. The molecule has 20 heavy (non-hydrogen) atoms. The monoisotopic (exact) mass is 329 g/mol. The van der Waals surface area contributed by atoms with Gasteiger partial charge in [0.15, 0.2) is 0 Å². The second kappa shape index (κ2) is 5.13. The highest BCUT2D eigenvalue weighted by Crippen LogP contribution is 2.31. The Labute approximate surface area is 124 Å². The van der Waals surface area contributed by atoms with E-state index in [1.165, 1.54) is 0 Å². The zero-order valence-corrected chi connectivity index (χ0v) is 12.4. The number of rotatable bonds is 3. The number of benzene rings is 2. The van der Waals surface area contributed by atoms with Gasteiger partial charge in [0.05, 0.1) is 17.1 Å². The maximum absolute atomic E-state index is 12.7. The topological polar surface area (TPSA) is 42.1 Å². The third-order valence-corrected chi connectivity index (χ3v) is 4.05. The molecule has 0 fully saturated rings. The summed E-state index contributed by atoms with van der Waals surface area (Å²) in [6.45, 7) is 0. The molecular formula is C16H12BrNO2. The Bertz CT molecular complexity index is 792. The van der Waals surface area contributed by atoms with Gasteiger partial charge in [-0.1, -0.05) is 30.3 Å². The summed E-state index contributed by atoms with van der Waals surface area (Å²) in [4.78, 5) is 15.8. The van der Waals surface area contributed by atoms with Crippen LogP contribution >= 0.6 is 15.9 Å². The van der Waals surface area contributed by atoms with Crippen LogP contribution in [0.25, 0.3) is 10.9 Å². The van der Waals surface area contributed by atoms with Crippen LogP contribution in [0.3, 0.4) is 0 Å². The molecule has 1 aromatic heterocycles. The summed E-state index contributed by atoms with van der Waals surface area (Å²) < 4.78 is 6.03. The molecule has 0 unspecified atom stereocenters. The van der Waals surface area contributed by atoms with Crippen LogP contribution in [-0.4, -0.2) is 17.9 Å². The predicted octanol–water partition coefficient (Wildman–Crippen LogP) is 4.17. The number of carbonyl (C=O) groups excluding carboxylic acids is 1. The van der Waals surface area contributed by atoms with Gasteiger partial charge in [-0.25, -0.2) is 0 Å². The Balaban J connectivity index is 2.15. The average molecular weight is 330 g/mol. The van der Waals surface area contributed by atoms with Gasteiger partial charge in [0, 0.05) is 10.9 Å². The van der Waals surface area contributed by atoms with E-state index in [0.29, 0.717) is 17.0 Å². The lowest BCUT2D eigenvalue weighted by Crippen LogP contribution is -2.04. The first-order chi connectivity index (χ1) is 9.72. The number of para-hydroxylation sites is 2. The van der Waals surface area contributed by atoms with Crippen molar-refractivity contribution >= 4 is 32.6 Å². The van der Waals surface area contributed by atoms with Crippen LogP contribution < -0.4 is 4.74 Å². The fourth-order valence-electron chi connectivity index (χ4n) is 2.23. The number of H-pyrrole nitrogens is 1. The highest BCUT2D eigenvalue weighted by molar-refractivity contribution is 9.10. The first-order valence-electron chi connectivity index (χ1n) is 6.16. The summed E-state index contributed by atoms with van der Waals surface area (Å²) in [5.74, 6) is 0.480. The van der Waals surface area contributed by atoms with Crippen molar-refractivity contribution < 1.29 is 9.53 Å². The van der Waals surface area contributed by atoms with Gasteiger partial charge in [-0.15, -0.1) is 0 Å². The summed E-state index contributed by atoms with van der Waals surface area (Å²) in [5.41, 5.74) is 2.01. The number of ketones is 1. The number of carbonyl (C=O) groups is 1. The molecule has 0 aliphatic heterocycles. The third-order valence-electron chi connectivity index (χ3n) is 3.22. The standard InChI is InChI=1S/C16H12BrNO2/c1-20-13-9-5-3-7-11(13)16(19)15-14(17)10-6-2-4-8-12(10)18-15/h2-9,18H,1H3. The van der Waals surface area contributed by atoms with Gasteiger partial charge >= 0.3 is 0 Å². The van der Waals surface area contributed by atoms with Crippen LogP contribution in [0.2, 0.25) is 0 Å². The molecular weight excluding hydrogens is 318 g/mol. The van der Waals surface area contributed by atoms with Gasteiger partial charge in [0.2, 0.25) is 5.78 Å². The van der Waals surface area contributed by atoms with Crippen LogP contribution in [0.15, 0.2) is 53.0 Å². The Hall–Kier alpha value is -2.07. The molecule has 3 nitrogen and oxygen atoms in total. The van der Waals surface area contributed by atoms with Crippen LogP contribution in [-0.2, 0) is 0 Å². The fourth-order valence-corrected chi connectivity index (χ4v) is 2.86. The number of fused-ring (bicyclic) bond motifs is 1. The molecule has 2 aromatic carbocycles. The molecule has 1 heterocycles. The molecule has 1 N–H and O–H groups in total. The molecule has 100 valence electrons. The zero-order valence-electron chi connectivity index (χ0n) is 10.8. The van der Waals surface area contributed by atoms with Crippen molar-refractivity contribution in [3.8, 4) is 5.75 Å². The summed E-state index contributed by atoms with van der Waals surface area (Å²) in [5, 5.41) is 0.991. The van der Waals surface area contributed by atoms with Crippen molar-refractivity contribution in [1.82, 2.24) is 4.98 Å². The number of aromatic amines is 1. The maximum Gasteiger partial charge on any atom is 0.214 e. The van der Waals surface area contributed by atoms with Crippen molar-refractivity contribution in [3.63, 3.8) is 0 Å². The largest absolute Gasteiger partial charge is 0.496 e. The molecule has 0 saturated heterocycles. The molecule has 0 aliphatic rings. The molecule has 4 heteroatoms. The van der Waals surface area contributed by atoms with Gasteiger partial charge in [-0.05, 0) is 34.1 Å². The molecule has 0 spiro atoms. The summed E-state index contributed by atoms with van der Waals surface area (Å²) in [6.07, 6.45) is 0. The van der Waals surface area contributed by atoms with Crippen LogP contribution in [0.1, 0.15) is 16.1 Å². The minimum atomic E-state index is -0.0921. The van der Waals surface area contributed by atoms with Crippen molar-refractivity contribution in [2.75, 3.05) is 7.11 Å². The maximum atomic E-state index is 12.7. The normalized spacial score (nSPS) is 10.7. The molecule has 0 aliphatic carbocycles. The number of halogens is 1. The van der Waals surface area contributed by atoms with Crippen LogP contribution in [0, 0.1) is 0 Å². The van der Waals surface area contributed by atoms with E-state index >= 15 is 0 Å². The van der Waals surface area contributed by atoms with E-state index in [0.717, 1.165) is 15.4 Å². The Morgan fingerprint density at radius 1 is 1.10 bits per heavy atom. The number of hydrogen-bond acceptors (Lipinski definition) is 2. The van der Waals surface area contributed by atoms with Crippen molar-refractivity contribution in [3.05, 3.63) is 64.3 Å². The Morgan fingerprint density at radius 2 is 1.80 bits per heavy atom. The van der Waals surface area contributed by atoms with Crippen LogP contribution in [0.4, 0.5) is 0 Å². The summed E-state index contributed by atoms with van der Waals surface area (Å²) in [7, 11) is 1.56. The zero-order chi connectivity index (χ0) is 14.1. The lowest BCUT2D eigenvalue weighted by molar-refractivity contribution is 0.103. The number of ether oxygens (including phenoxy) is 1. The average Bonchev–Trinajstić information content (AvgIpc) is 2.84. The van der Waals surface area contributed by atoms with Crippen LogP contribution in [0.5, 0.6) is 5.75 Å². The van der Waals surface area contributed by atoms with Crippen molar-refractivity contribution in [2.45, 2.75) is 0 Å². The minimum Gasteiger partial charge on any atom is -0.496 e. The highest BCUT2D eigenvalue weighted by Gasteiger charge is 2.20. The molecule has 0 atom stereocenters. The van der Waals surface area contributed by atoms with E-state index < -0.39 is 0 Å². The second-order valence-corrected chi connectivity index (χ2v) is 5.18. The fraction of sp³-hybridized carbons (Fsp3) is 0.0625. The number of nitrogens with one attached hydrogen (secondary N) is 1. The SMILES string of the molecule is COc1ccccc1C(=O)c1[nH]c2ccccc2c1Br. The van der Waals surface area contributed by atoms with E-state index in [4.69, 9.17) is 4.74 Å². The lowest BCUT2D eigenvalue weighted by atomic mass is 10.1. The summed E-state index contributed by atoms with van der Waals surface area (Å²) >= 11 is 3.50. The predicted molar refractivity (Wildman–Crippen MR) is 82.4 cm³/mol. The lowest BCUT2D eigenvalue weighted by Gasteiger charge is -2.06. The van der Waals surface area contributed by atoms with E-state index in [9.17, 15) is 4.79 Å². The highest BCUT2D eigenvalue weighted by atomic mass is 79.9. The van der Waals surface area contributed by atoms with E-state index in [1.54, 1.807) is 19.2 Å². The minimum absolute atomic E-state index is 0.0921. The molecule has 3 rings (SSSR count). The number of hydrogen-bond donors (Lipinski definition) is 1. The quantitative estimate of drug-likeness (QED) is 0.733. The van der Waals surface area contributed by atoms with Gasteiger partial charge in [-0.3, -0.25) is 4.79 Å². The van der Waals surface area contributed by atoms with Gasteiger partial charge in [-0.2, -0.15) is 0 Å². The molecule has 0 bridgehead atoms. The van der Waals surface area contributed by atoms with Crippen molar-refractivity contribution in [2.24, 2.45) is 0 Å².